The second-order valence-corrected chi connectivity index (χ2v) is 4.19. The summed E-state index contributed by atoms with van der Waals surface area (Å²) in [4.78, 5) is 48.5. The molecule has 0 saturated carbocycles. The summed E-state index contributed by atoms with van der Waals surface area (Å²) < 4.78 is 14.4. The van der Waals surface area contributed by atoms with Crippen molar-refractivity contribution in [2.75, 3.05) is 0 Å². The summed E-state index contributed by atoms with van der Waals surface area (Å²) in [5.74, 6) is -5.64. The van der Waals surface area contributed by atoms with Crippen LogP contribution in [-0.4, -0.2) is 216 Å². The topological polar surface area (TPSA) is 462 Å². The molecule has 0 aliphatic rings. The van der Waals surface area contributed by atoms with E-state index in [1.165, 1.54) is 0 Å². The average molecular weight is 530 g/mol. The van der Waals surface area contributed by atoms with E-state index in [0.717, 1.165) is 0 Å². The van der Waals surface area contributed by atoms with Gasteiger partial charge >= 0.3 is 144 Å². The van der Waals surface area contributed by atoms with E-state index in [9.17, 15) is 18.9 Å². The van der Waals surface area contributed by atoms with Gasteiger partial charge in [-0.1, -0.05) is 0 Å². The van der Waals surface area contributed by atoms with Gasteiger partial charge in [-0.05, 0) is 0 Å². The SMILES string of the molecule is O.O.O.O.O.O.O.O.O.O=C(O)CC(CC(=O)O)(OP(=O)(O)O)C(=O)O.[NaH].[NaH].[NaH].[NaH]. The van der Waals surface area contributed by atoms with Gasteiger partial charge in [-0.15, -0.1) is 0 Å². The summed E-state index contributed by atoms with van der Waals surface area (Å²) >= 11 is 0. The van der Waals surface area contributed by atoms with Crippen LogP contribution < -0.4 is 0 Å². The van der Waals surface area contributed by atoms with Gasteiger partial charge < -0.3 is 74.4 Å². The van der Waals surface area contributed by atoms with Crippen molar-refractivity contribution < 1.29 is 97.9 Å². The maximum atomic E-state index is 10.8. The van der Waals surface area contributed by atoms with Gasteiger partial charge in [0.25, 0.3) is 0 Å². The molecule has 0 aromatic rings. The Labute approximate surface area is 257 Å². The van der Waals surface area contributed by atoms with E-state index in [1.807, 2.05) is 0 Å². The Hall–Kier alpha value is 2.16. The first-order valence-electron chi connectivity index (χ1n) is 3.92. The Kier molecular flexibility index (Phi) is 131. The molecular weight excluding hydrogens is 499 g/mol. The molecule has 0 saturated heterocycles. The van der Waals surface area contributed by atoms with Crippen molar-refractivity contribution >= 4 is 144 Å². The van der Waals surface area contributed by atoms with Crippen LogP contribution in [0.3, 0.4) is 0 Å². The van der Waals surface area contributed by atoms with Crippen molar-refractivity contribution in [3.63, 3.8) is 0 Å². The third-order valence-electron chi connectivity index (χ3n) is 1.56. The molecule has 0 radical (unpaired) electrons. The Morgan fingerprint density at radius 1 is 0.633 bits per heavy atom. The first-order valence-corrected chi connectivity index (χ1v) is 5.45. The zero-order chi connectivity index (χ0) is 13.9. The first kappa shape index (κ1) is 94.7. The Balaban J connectivity index is -0.0000000164. The third kappa shape index (κ3) is 43.9. The Bertz CT molecular complexity index is 386. The number of carboxylic acids is 3. The average Bonchev–Trinajstić information content (AvgIpc) is 1.96. The minimum absolute atomic E-state index is 0. The molecule has 0 amide bonds. The van der Waals surface area contributed by atoms with Crippen molar-refractivity contribution in [2.45, 2.75) is 18.4 Å². The molecular formula is C6H31Na4O19P. The predicted octanol–water partition coefficient (Wildman–Crippen LogP) is -11.1. The summed E-state index contributed by atoms with van der Waals surface area (Å²) in [5, 5.41) is 25.5. The zero-order valence-electron chi connectivity index (χ0n) is 12.6. The van der Waals surface area contributed by atoms with E-state index in [1.54, 1.807) is 0 Å². The van der Waals surface area contributed by atoms with Gasteiger partial charge in [-0.2, -0.15) is 0 Å². The zero-order valence-corrected chi connectivity index (χ0v) is 13.5. The van der Waals surface area contributed by atoms with Gasteiger partial charge in [0.15, 0.2) is 5.60 Å². The van der Waals surface area contributed by atoms with Crippen molar-refractivity contribution in [3.05, 3.63) is 0 Å². The second kappa shape index (κ2) is 41.4. The fraction of sp³-hybridized carbons (Fsp3) is 0.500. The van der Waals surface area contributed by atoms with Gasteiger partial charge in [0.05, 0.1) is 12.8 Å². The van der Waals surface area contributed by atoms with Crippen LogP contribution in [0.5, 0.6) is 0 Å². The molecule has 0 bridgehead atoms. The molecule has 23 N–H and O–H groups in total. The third-order valence-corrected chi connectivity index (χ3v) is 2.14. The summed E-state index contributed by atoms with van der Waals surface area (Å²) in [6.45, 7) is 0. The van der Waals surface area contributed by atoms with Crippen LogP contribution in [0.25, 0.3) is 0 Å². The standard InChI is InChI=1S/C6H9O10P.4Na.9H2O.4H/c7-3(8)1-6(5(11)12,2-4(9)10)16-17(13,14)15;;;;;;;;;;;;;;;;;/h1-2H2,(H,7,8)(H,9,10)(H,11,12)(H2,13,14,15);;;;;9*1H2;;;;. The van der Waals surface area contributed by atoms with E-state index in [-0.39, 0.29) is 168 Å². The van der Waals surface area contributed by atoms with Gasteiger partial charge in [0, 0.05) is 0 Å². The molecule has 0 unspecified atom stereocenters. The van der Waals surface area contributed by atoms with Crippen LogP contribution in [0.15, 0.2) is 0 Å². The van der Waals surface area contributed by atoms with E-state index in [0.29, 0.717) is 0 Å². The molecule has 24 heteroatoms. The van der Waals surface area contributed by atoms with Crippen LogP contribution in [0, 0.1) is 0 Å². The summed E-state index contributed by atoms with van der Waals surface area (Å²) in [6, 6.07) is 0. The van der Waals surface area contributed by atoms with E-state index < -0.39 is 44.2 Å². The molecule has 0 rings (SSSR count). The summed E-state index contributed by atoms with van der Waals surface area (Å²) in [5.41, 5.74) is -3.02. The van der Waals surface area contributed by atoms with Crippen molar-refractivity contribution in [2.24, 2.45) is 0 Å². The van der Waals surface area contributed by atoms with Crippen molar-refractivity contribution in [1.82, 2.24) is 0 Å². The molecule has 19 nitrogen and oxygen atoms in total. The van der Waals surface area contributed by atoms with Gasteiger partial charge in [0.1, 0.15) is 0 Å². The molecule has 178 valence electrons. The number of aliphatic carboxylic acids is 3. The van der Waals surface area contributed by atoms with Crippen LogP contribution in [-0.2, 0) is 23.5 Å². The van der Waals surface area contributed by atoms with Crippen molar-refractivity contribution in [1.29, 1.82) is 0 Å². The molecule has 0 atom stereocenters. The minimum atomic E-state index is -5.36. The molecule has 0 aliphatic heterocycles. The number of carbonyl (C=O) groups is 3. The number of carboxylic acid groups (broad SMARTS) is 3. The van der Waals surface area contributed by atoms with E-state index in [2.05, 4.69) is 4.52 Å². The normalized spacial score (nSPS) is 6.87. The summed E-state index contributed by atoms with van der Waals surface area (Å²) in [7, 11) is -5.36. The van der Waals surface area contributed by atoms with Crippen LogP contribution >= 0.6 is 7.82 Å². The van der Waals surface area contributed by atoms with Gasteiger partial charge in [-0.3, -0.25) is 14.1 Å². The van der Waals surface area contributed by atoms with E-state index in [4.69, 9.17) is 25.1 Å². The second-order valence-electron chi connectivity index (χ2n) is 3.02. The van der Waals surface area contributed by atoms with Crippen molar-refractivity contribution in [3.8, 4) is 0 Å². The fourth-order valence-corrected chi connectivity index (χ4v) is 1.70. The monoisotopic (exact) mass is 530 g/mol. The fourth-order valence-electron chi connectivity index (χ4n) is 1.03. The van der Waals surface area contributed by atoms with E-state index >= 15 is 0 Å². The molecule has 0 spiro atoms. The Morgan fingerprint density at radius 3 is 0.933 bits per heavy atom. The molecule has 0 fully saturated rings. The number of hydrogen-bond acceptors (Lipinski definition) is 5. The number of rotatable bonds is 7. The molecule has 0 heterocycles. The number of phosphoric ester groups is 1. The molecule has 30 heavy (non-hydrogen) atoms. The van der Waals surface area contributed by atoms with Gasteiger partial charge in [0.2, 0.25) is 0 Å². The Morgan fingerprint density at radius 2 is 0.833 bits per heavy atom. The summed E-state index contributed by atoms with van der Waals surface area (Å²) in [6.07, 6.45) is -2.81. The number of hydrogen-bond donors (Lipinski definition) is 5. The van der Waals surface area contributed by atoms with Gasteiger partial charge in [-0.25, -0.2) is 9.36 Å². The quantitative estimate of drug-likeness (QED) is 0.153. The predicted molar refractivity (Wildman–Crippen MR) is 109 cm³/mol. The van der Waals surface area contributed by atoms with Crippen LogP contribution in [0.2, 0.25) is 0 Å². The van der Waals surface area contributed by atoms with Crippen LogP contribution in [0.1, 0.15) is 12.8 Å². The maximum absolute atomic E-state index is 10.8. The van der Waals surface area contributed by atoms with Crippen LogP contribution in [0.4, 0.5) is 0 Å². The molecule has 0 aliphatic carbocycles. The molecule has 0 aromatic carbocycles. The first-order chi connectivity index (χ1) is 7.48. The molecule has 0 aromatic heterocycles. The number of phosphoric acid groups is 1.